The van der Waals surface area contributed by atoms with Gasteiger partial charge in [-0.1, -0.05) is 116 Å². The number of imidazole rings is 1. The lowest BCUT2D eigenvalue weighted by Crippen LogP contribution is -2.30. The molecule has 0 fully saturated rings. The van der Waals surface area contributed by atoms with Crippen molar-refractivity contribution in [3.63, 3.8) is 0 Å². The van der Waals surface area contributed by atoms with Gasteiger partial charge in [0.25, 0.3) is 6.33 Å². The molecule has 0 aliphatic carbocycles. The second-order valence-electron chi connectivity index (χ2n) is 21.1. The summed E-state index contributed by atoms with van der Waals surface area (Å²) in [5, 5.41) is 2.38. The Morgan fingerprint density at radius 3 is 1.72 bits per heavy atom. The van der Waals surface area contributed by atoms with Gasteiger partial charge in [0, 0.05) is 35.4 Å². The number of rotatable bonds is 5. The highest BCUT2D eigenvalue weighted by molar-refractivity contribution is 6.09. The molecule has 296 valence electrons. The van der Waals surface area contributed by atoms with Crippen molar-refractivity contribution >= 4 is 21.8 Å². The van der Waals surface area contributed by atoms with Gasteiger partial charge >= 0.3 is 0 Å². The summed E-state index contributed by atoms with van der Waals surface area (Å²) >= 11 is 0. The zero-order valence-electron chi connectivity index (χ0n) is 37.0. The Hall–Kier alpha value is -5.16. The molecule has 4 aromatic carbocycles. The average Bonchev–Trinajstić information content (AvgIpc) is 3.73. The van der Waals surface area contributed by atoms with E-state index in [0.29, 0.717) is 0 Å². The summed E-state index contributed by atoms with van der Waals surface area (Å²) in [7, 11) is 0. The van der Waals surface area contributed by atoms with E-state index in [1.165, 1.54) is 38.6 Å². The van der Waals surface area contributed by atoms with Gasteiger partial charge in [-0.15, -0.1) is 0 Å². The van der Waals surface area contributed by atoms with Crippen LogP contribution in [0.2, 0.25) is 0 Å². The smallest absolute Gasteiger partial charge is 0.268 e. The van der Waals surface area contributed by atoms with Crippen LogP contribution in [-0.4, -0.2) is 14.1 Å². The van der Waals surface area contributed by atoms with Crippen LogP contribution < -0.4 is 9.30 Å². The number of fused-ring (bicyclic) bond motifs is 3. The molecule has 0 aliphatic rings. The first-order valence-electron chi connectivity index (χ1n) is 20.4. The molecular formula is C52H62N4O. The maximum absolute atomic E-state index is 6.86. The molecule has 0 amide bonds. The molecule has 0 saturated heterocycles. The van der Waals surface area contributed by atoms with Crippen molar-refractivity contribution in [1.29, 1.82) is 0 Å². The fourth-order valence-corrected chi connectivity index (χ4v) is 7.36. The van der Waals surface area contributed by atoms with E-state index in [4.69, 9.17) is 9.72 Å². The molecule has 3 aromatic heterocycles. The maximum atomic E-state index is 6.86. The van der Waals surface area contributed by atoms with Crippen molar-refractivity contribution in [1.82, 2.24) is 14.1 Å². The Balaban J connectivity index is 1.34. The van der Waals surface area contributed by atoms with Gasteiger partial charge in [-0.3, -0.25) is 13.7 Å². The number of hydrogen-bond acceptors (Lipinski definition) is 2. The summed E-state index contributed by atoms with van der Waals surface area (Å²) in [6.45, 7) is 34.0. The highest BCUT2D eigenvalue weighted by atomic mass is 16.5. The lowest BCUT2D eigenvalue weighted by Gasteiger charge is -2.26. The second-order valence-corrected chi connectivity index (χ2v) is 21.1. The van der Waals surface area contributed by atoms with E-state index < -0.39 is 0 Å². The van der Waals surface area contributed by atoms with Crippen LogP contribution in [0.1, 0.15) is 132 Å². The normalized spacial score (nSPS) is 13.2. The van der Waals surface area contributed by atoms with E-state index >= 15 is 0 Å². The van der Waals surface area contributed by atoms with Crippen LogP contribution in [-0.2, 0) is 27.1 Å². The third-order valence-corrected chi connectivity index (χ3v) is 11.2. The van der Waals surface area contributed by atoms with Crippen molar-refractivity contribution in [2.75, 3.05) is 0 Å². The Kier molecular flexibility index (Phi) is 9.66. The Morgan fingerprint density at radius 2 is 1.11 bits per heavy atom. The van der Waals surface area contributed by atoms with Crippen molar-refractivity contribution in [2.24, 2.45) is 0 Å². The molecule has 7 aromatic rings. The molecule has 0 aliphatic heterocycles. The van der Waals surface area contributed by atoms with Gasteiger partial charge in [-0.2, -0.15) is 0 Å². The van der Waals surface area contributed by atoms with E-state index in [-0.39, 0.29) is 27.1 Å². The first-order valence-corrected chi connectivity index (χ1v) is 20.4. The molecule has 0 bridgehead atoms. The first-order chi connectivity index (χ1) is 26.4. The van der Waals surface area contributed by atoms with Crippen molar-refractivity contribution < 1.29 is 9.30 Å². The van der Waals surface area contributed by atoms with Gasteiger partial charge in [0.1, 0.15) is 17.3 Å². The molecule has 57 heavy (non-hydrogen) atoms. The highest BCUT2D eigenvalue weighted by Gasteiger charge is 2.24. The van der Waals surface area contributed by atoms with E-state index in [0.717, 1.165) is 39.7 Å². The second kappa shape index (κ2) is 13.7. The van der Waals surface area contributed by atoms with Crippen molar-refractivity contribution in [3.05, 3.63) is 138 Å². The summed E-state index contributed by atoms with van der Waals surface area (Å²) in [6, 6.07) is 31.2. The van der Waals surface area contributed by atoms with Crippen LogP contribution in [0, 0.1) is 6.33 Å². The largest absolute Gasteiger partial charge is 0.458 e. The molecule has 5 nitrogen and oxygen atoms in total. The minimum Gasteiger partial charge on any atom is -0.458 e. The topological polar surface area (TPSA) is 35.9 Å². The van der Waals surface area contributed by atoms with Gasteiger partial charge in [0.15, 0.2) is 0 Å². The Labute approximate surface area is 341 Å². The van der Waals surface area contributed by atoms with E-state index in [2.05, 4.69) is 221 Å². The van der Waals surface area contributed by atoms with Gasteiger partial charge in [-0.25, -0.2) is 4.98 Å². The van der Waals surface area contributed by atoms with Crippen molar-refractivity contribution in [2.45, 2.75) is 131 Å². The number of aromatic nitrogens is 4. The number of ether oxygens (including phenoxy) is 1. The SMILES string of the molecule is CC(C)(C)c1cc(Oc2ccc3c4cc(C(C)(C)C)ccc4n(-c4cc(C(C)(C)C)ccn4)c3c2)cc(-n2[c-][n+](-c3cc(C(C)(C)C)cc(C(C)(C)C)c3)cc2)c1. The van der Waals surface area contributed by atoms with Crippen LogP contribution in [0.5, 0.6) is 11.5 Å². The van der Waals surface area contributed by atoms with Gasteiger partial charge in [-0.05, 0) is 122 Å². The average molecular weight is 759 g/mol. The van der Waals surface area contributed by atoms with E-state index in [9.17, 15) is 0 Å². The van der Waals surface area contributed by atoms with Crippen LogP contribution in [0.25, 0.3) is 39.0 Å². The third-order valence-electron chi connectivity index (χ3n) is 11.2. The number of nitrogens with zero attached hydrogens (tertiary/aromatic N) is 4. The molecule has 7 rings (SSSR count). The lowest BCUT2D eigenvalue weighted by molar-refractivity contribution is -0.599. The fraction of sp³-hybridized carbons (Fsp3) is 0.385. The molecule has 0 radical (unpaired) electrons. The fourth-order valence-electron chi connectivity index (χ4n) is 7.36. The molecule has 5 heteroatoms. The standard InChI is InChI=1S/C52H62N4O/c1-48(2,3)34-16-19-45-44(29-34)43-18-17-41(32-46(43)56(45)47-30-35(20-21-53-47)49(4,5)6)57-42-28-38(52(13,14)15)27-40(31-42)55-23-22-54(33-55)39-25-36(50(7,8)9)24-37(26-39)51(10,11)12/h16-32H,1-15H3. The number of benzene rings is 4. The Morgan fingerprint density at radius 1 is 0.509 bits per heavy atom. The van der Waals surface area contributed by atoms with Crippen LogP contribution in [0.15, 0.2) is 104 Å². The predicted octanol–water partition coefficient (Wildman–Crippen LogP) is 13.3. The number of pyridine rings is 1. The predicted molar refractivity (Wildman–Crippen MR) is 238 cm³/mol. The van der Waals surface area contributed by atoms with E-state index in [1.54, 1.807) is 0 Å². The van der Waals surface area contributed by atoms with Gasteiger partial charge < -0.3 is 4.74 Å². The quantitative estimate of drug-likeness (QED) is 0.129. The lowest BCUT2D eigenvalue weighted by atomic mass is 9.80. The summed E-state index contributed by atoms with van der Waals surface area (Å²) in [4.78, 5) is 4.94. The third kappa shape index (κ3) is 8.17. The molecule has 0 atom stereocenters. The molecule has 0 N–H and O–H groups in total. The minimum atomic E-state index is -0.106. The molecular weight excluding hydrogens is 697 g/mol. The maximum Gasteiger partial charge on any atom is 0.268 e. The highest BCUT2D eigenvalue weighted by Crippen LogP contribution is 2.39. The van der Waals surface area contributed by atoms with E-state index in [1.807, 2.05) is 6.20 Å². The minimum absolute atomic E-state index is 0.0118. The Bertz CT molecular complexity index is 2590. The molecule has 3 heterocycles. The molecule has 0 unspecified atom stereocenters. The van der Waals surface area contributed by atoms with Crippen LogP contribution in [0.3, 0.4) is 0 Å². The van der Waals surface area contributed by atoms with Crippen LogP contribution in [0.4, 0.5) is 0 Å². The van der Waals surface area contributed by atoms with Gasteiger partial charge in [0.05, 0.1) is 22.4 Å². The van der Waals surface area contributed by atoms with Crippen molar-refractivity contribution in [3.8, 4) is 28.7 Å². The van der Waals surface area contributed by atoms with Crippen LogP contribution >= 0.6 is 0 Å². The van der Waals surface area contributed by atoms with Gasteiger partial charge in [0.2, 0.25) is 0 Å². The monoisotopic (exact) mass is 758 g/mol. The molecule has 0 spiro atoms. The zero-order valence-corrected chi connectivity index (χ0v) is 37.0. The molecule has 0 saturated carbocycles. The summed E-state index contributed by atoms with van der Waals surface area (Å²) < 4.78 is 13.3. The first kappa shape index (κ1) is 40.1. The summed E-state index contributed by atoms with van der Waals surface area (Å²) in [5.41, 5.74) is 10.6. The summed E-state index contributed by atoms with van der Waals surface area (Å²) in [5.74, 6) is 2.45. The summed E-state index contributed by atoms with van der Waals surface area (Å²) in [6.07, 6.45) is 9.75. The zero-order chi connectivity index (χ0) is 41.5. The number of hydrogen-bond donors (Lipinski definition) is 0.